The highest BCUT2D eigenvalue weighted by atomic mass is 35.5. The molecule has 4 nitrogen and oxygen atoms in total. The molecule has 0 spiro atoms. The number of Topliss-reactive ketones (excluding diaryl/α,β-unsaturated/α-hetero) is 1. The van der Waals surface area contributed by atoms with E-state index in [0.29, 0.717) is 34.2 Å². The van der Waals surface area contributed by atoms with E-state index in [4.69, 9.17) is 16.3 Å². The highest BCUT2D eigenvalue weighted by Crippen LogP contribution is 2.30. The number of nitrogens with one attached hydrogen (secondary N) is 1. The van der Waals surface area contributed by atoms with Crippen LogP contribution >= 0.6 is 11.6 Å². The lowest BCUT2D eigenvalue weighted by molar-refractivity contribution is 0.0738. The molecule has 6 heteroatoms. The Hall–Kier alpha value is -2.24. The number of rotatable bonds is 7. The number of H-pyrrole nitrogens is 1. The van der Waals surface area contributed by atoms with E-state index in [1.54, 1.807) is 6.07 Å². The Bertz CT molecular complexity index is 1010. The van der Waals surface area contributed by atoms with Gasteiger partial charge in [0.05, 0.1) is 18.5 Å². The van der Waals surface area contributed by atoms with Crippen molar-refractivity contribution >= 4 is 28.4 Å². The normalized spacial score (nSPS) is 14.0. The summed E-state index contributed by atoms with van der Waals surface area (Å²) >= 11 is 6.33. The lowest BCUT2D eigenvalue weighted by Crippen LogP contribution is -2.14. The molecule has 4 rings (SSSR count). The van der Waals surface area contributed by atoms with Crippen molar-refractivity contribution in [3.05, 3.63) is 63.7 Å². The first-order valence-corrected chi connectivity index (χ1v) is 9.41. The van der Waals surface area contributed by atoms with Gasteiger partial charge in [0.1, 0.15) is 12.1 Å². The van der Waals surface area contributed by atoms with Crippen molar-refractivity contribution < 1.29 is 13.9 Å². The zero-order valence-corrected chi connectivity index (χ0v) is 15.8. The molecule has 3 aromatic rings. The van der Waals surface area contributed by atoms with Crippen LogP contribution in [0.15, 0.2) is 30.6 Å². The van der Waals surface area contributed by atoms with E-state index < -0.39 is 5.82 Å². The van der Waals surface area contributed by atoms with Crippen molar-refractivity contribution in [3.8, 4) is 0 Å². The predicted octanol–water partition coefficient (Wildman–Crippen LogP) is 4.86. The zero-order chi connectivity index (χ0) is 19.0. The van der Waals surface area contributed by atoms with Gasteiger partial charge in [-0.05, 0) is 48.9 Å². The lowest BCUT2D eigenvalue weighted by Gasteiger charge is -2.13. The van der Waals surface area contributed by atoms with Crippen LogP contribution in [0.25, 0.3) is 11.0 Å². The number of imidazole rings is 1. The largest absolute Gasteiger partial charge is 0.373 e. The van der Waals surface area contributed by atoms with Gasteiger partial charge in [-0.2, -0.15) is 0 Å². The molecule has 1 aliphatic carbocycles. The molecule has 0 aliphatic heterocycles. The zero-order valence-electron chi connectivity index (χ0n) is 15.0. The molecule has 0 bridgehead atoms. The van der Waals surface area contributed by atoms with Gasteiger partial charge >= 0.3 is 0 Å². The lowest BCUT2D eigenvalue weighted by atomic mass is 9.95. The number of aromatic amines is 1. The second-order valence-electron chi connectivity index (χ2n) is 7.17. The minimum absolute atomic E-state index is 0.0514. The van der Waals surface area contributed by atoms with Gasteiger partial charge in [-0.1, -0.05) is 23.7 Å². The van der Waals surface area contributed by atoms with Crippen molar-refractivity contribution in [1.82, 2.24) is 9.97 Å². The molecule has 0 saturated heterocycles. The van der Waals surface area contributed by atoms with Crippen LogP contribution in [0.1, 0.15) is 39.9 Å². The van der Waals surface area contributed by atoms with Crippen molar-refractivity contribution in [1.29, 1.82) is 0 Å². The van der Waals surface area contributed by atoms with Gasteiger partial charge in [-0.25, -0.2) is 9.37 Å². The number of nitrogens with zero attached hydrogens (tertiary/aromatic N) is 1. The number of carbonyl (C=O) groups excluding carboxylic acids is 1. The fourth-order valence-corrected chi connectivity index (χ4v) is 3.47. The van der Waals surface area contributed by atoms with Gasteiger partial charge in [-0.3, -0.25) is 4.79 Å². The maximum Gasteiger partial charge on any atom is 0.188 e. The number of halogens is 2. The van der Waals surface area contributed by atoms with Crippen LogP contribution < -0.4 is 0 Å². The Morgan fingerprint density at radius 2 is 2.19 bits per heavy atom. The first kappa shape index (κ1) is 18.1. The summed E-state index contributed by atoms with van der Waals surface area (Å²) in [7, 11) is 0. The summed E-state index contributed by atoms with van der Waals surface area (Å²) in [5.41, 5.74) is 3.14. The number of fused-ring (bicyclic) bond motifs is 1. The maximum absolute atomic E-state index is 15.2. The summed E-state index contributed by atoms with van der Waals surface area (Å²) in [5.74, 6) is -0.157. The summed E-state index contributed by atoms with van der Waals surface area (Å²) < 4.78 is 20.7. The van der Waals surface area contributed by atoms with E-state index in [1.807, 2.05) is 25.1 Å². The van der Waals surface area contributed by atoms with E-state index in [1.165, 1.54) is 6.33 Å². The van der Waals surface area contributed by atoms with Crippen LogP contribution in [-0.2, 0) is 11.2 Å². The Balaban J connectivity index is 1.69. The van der Waals surface area contributed by atoms with Crippen LogP contribution in [0.3, 0.4) is 0 Å². The third-order valence-corrected chi connectivity index (χ3v) is 5.27. The number of hydrogen-bond donors (Lipinski definition) is 1. The number of aryl methyl sites for hydroxylation is 1. The van der Waals surface area contributed by atoms with Crippen LogP contribution in [0.5, 0.6) is 0 Å². The monoisotopic (exact) mass is 386 g/mol. The molecular weight excluding hydrogens is 367 g/mol. The molecular formula is C21H20ClFN2O2. The van der Waals surface area contributed by atoms with E-state index >= 15 is 4.39 Å². The maximum atomic E-state index is 15.2. The second kappa shape index (κ2) is 7.41. The molecule has 27 heavy (non-hydrogen) atoms. The quantitative estimate of drug-likeness (QED) is 0.590. The van der Waals surface area contributed by atoms with Crippen molar-refractivity contribution in [2.24, 2.45) is 5.92 Å². The minimum Gasteiger partial charge on any atom is -0.373 e. The first-order valence-electron chi connectivity index (χ1n) is 9.03. The highest BCUT2D eigenvalue weighted by Gasteiger charge is 2.24. The van der Waals surface area contributed by atoms with Gasteiger partial charge in [-0.15, -0.1) is 0 Å². The molecule has 1 fully saturated rings. The Morgan fingerprint density at radius 1 is 1.37 bits per heavy atom. The highest BCUT2D eigenvalue weighted by molar-refractivity contribution is 6.31. The smallest absolute Gasteiger partial charge is 0.188 e. The third-order valence-electron chi connectivity index (χ3n) is 4.92. The van der Waals surface area contributed by atoms with Crippen molar-refractivity contribution in [2.45, 2.75) is 26.2 Å². The number of ether oxygens (including phenoxy) is 1. The Morgan fingerprint density at radius 3 is 2.93 bits per heavy atom. The molecule has 0 atom stereocenters. The fourth-order valence-electron chi connectivity index (χ4n) is 3.17. The SMILES string of the molecule is Cc1ccc(Cc2c(C(=O)COCC3CC3)cc3[nH]cnc3c2F)c(Cl)c1. The summed E-state index contributed by atoms with van der Waals surface area (Å²) in [6, 6.07) is 7.28. The molecule has 0 unspecified atom stereocenters. The van der Waals surface area contributed by atoms with Gasteiger partial charge in [0.2, 0.25) is 0 Å². The predicted molar refractivity (Wildman–Crippen MR) is 103 cm³/mol. The molecule has 1 aromatic heterocycles. The average Bonchev–Trinajstić information content (AvgIpc) is 3.33. The number of ketones is 1. The van der Waals surface area contributed by atoms with Gasteiger partial charge in [0.25, 0.3) is 0 Å². The van der Waals surface area contributed by atoms with E-state index in [9.17, 15) is 4.79 Å². The van der Waals surface area contributed by atoms with Crippen molar-refractivity contribution in [2.75, 3.05) is 13.2 Å². The molecule has 2 aromatic carbocycles. The van der Waals surface area contributed by atoms with Gasteiger partial charge in [0, 0.05) is 22.6 Å². The summed E-state index contributed by atoms with van der Waals surface area (Å²) in [6.45, 7) is 2.47. The standard InChI is InChI=1S/C21H20ClFN2O2/c1-12-2-5-14(17(22)6-12)7-16-15(19(26)10-27-9-13-3-4-13)8-18-21(20(16)23)25-11-24-18/h2,5-6,8,11,13H,3-4,7,9-10H2,1H3,(H,24,25). The van der Waals surface area contributed by atoms with Crippen LogP contribution in [0.4, 0.5) is 4.39 Å². The van der Waals surface area contributed by atoms with Crippen LogP contribution in [-0.4, -0.2) is 29.0 Å². The third kappa shape index (κ3) is 3.89. The van der Waals surface area contributed by atoms with E-state index in [2.05, 4.69) is 9.97 Å². The summed E-state index contributed by atoms with van der Waals surface area (Å²) in [4.78, 5) is 19.7. The van der Waals surface area contributed by atoms with Crippen LogP contribution in [0.2, 0.25) is 5.02 Å². The van der Waals surface area contributed by atoms with Gasteiger partial charge < -0.3 is 9.72 Å². The fraction of sp³-hybridized carbons (Fsp3) is 0.333. The molecule has 140 valence electrons. The molecule has 1 aliphatic rings. The van der Waals surface area contributed by atoms with Gasteiger partial charge in [0.15, 0.2) is 11.6 Å². The topological polar surface area (TPSA) is 55.0 Å². The summed E-state index contributed by atoms with van der Waals surface area (Å²) in [6.07, 6.45) is 3.95. The molecule has 1 heterocycles. The number of carbonyl (C=O) groups is 1. The van der Waals surface area contributed by atoms with E-state index in [-0.39, 0.29) is 24.3 Å². The van der Waals surface area contributed by atoms with Crippen LogP contribution in [0, 0.1) is 18.7 Å². The molecule has 0 radical (unpaired) electrons. The molecule has 1 saturated carbocycles. The summed E-state index contributed by atoms with van der Waals surface area (Å²) in [5, 5.41) is 0.555. The number of aromatic nitrogens is 2. The molecule has 0 amide bonds. The Kier molecular flexibility index (Phi) is 4.98. The minimum atomic E-state index is -0.490. The first-order chi connectivity index (χ1) is 13.0. The number of benzene rings is 2. The second-order valence-corrected chi connectivity index (χ2v) is 7.58. The van der Waals surface area contributed by atoms with Crippen molar-refractivity contribution in [3.63, 3.8) is 0 Å². The molecule has 1 N–H and O–H groups in total. The number of hydrogen-bond acceptors (Lipinski definition) is 3. The van der Waals surface area contributed by atoms with E-state index in [0.717, 1.165) is 24.0 Å². The Labute approximate surface area is 161 Å². The average molecular weight is 387 g/mol.